The maximum Gasteiger partial charge on any atom is 0.407 e. The third-order valence-electron chi connectivity index (χ3n) is 6.26. The number of hydrogen-bond donors (Lipinski definition) is 2. The molecule has 0 saturated carbocycles. The Morgan fingerprint density at radius 2 is 1.69 bits per heavy atom. The van der Waals surface area contributed by atoms with E-state index >= 15 is 0 Å². The van der Waals surface area contributed by atoms with Crippen molar-refractivity contribution in [2.75, 3.05) is 32.1 Å². The first-order chi connectivity index (χ1) is 21.5. The average Bonchev–Trinajstić information content (AvgIpc) is 3.42. The predicted octanol–water partition coefficient (Wildman–Crippen LogP) is 3.18. The molecular weight excluding hydrogens is 582 g/mol. The van der Waals surface area contributed by atoms with Crippen molar-refractivity contribution in [1.29, 1.82) is 0 Å². The van der Waals surface area contributed by atoms with Gasteiger partial charge in [0, 0.05) is 18.7 Å². The summed E-state index contributed by atoms with van der Waals surface area (Å²) in [5.74, 6) is -0.723. The lowest BCUT2D eigenvalue weighted by Gasteiger charge is -2.23. The molecule has 0 fully saturated rings. The number of fused-ring (bicyclic) bond motifs is 1. The summed E-state index contributed by atoms with van der Waals surface area (Å²) in [5, 5.41) is 5.32. The van der Waals surface area contributed by atoms with Crippen LogP contribution in [0.2, 0.25) is 0 Å². The van der Waals surface area contributed by atoms with Gasteiger partial charge in [0.15, 0.2) is 17.0 Å². The summed E-state index contributed by atoms with van der Waals surface area (Å²) in [6.07, 6.45) is 1.99. The Kier molecular flexibility index (Phi) is 10.6. The molecule has 0 bridgehead atoms. The highest BCUT2D eigenvalue weighted by atomic mass is 16.6. The standard InChI is InChI=1S/C31H35N7O7/c1-31(2,3)45-30(42)32-14-15-37(17-25(40)44-18-21-8-6-5-7-9-21)24(39)16-38-20-35-26-27(33-19-34-28(26)38)36-29(41)22-10-12-23(43-4)13-11-22/h5-13,19-20H,14-18H2,1-4H3,(H,32,42)(H,33,34,36,41). The van der Waals surface area contributed by atoms with Crippen molar-refractivity contribution < 1.29 is 33.4 Å². The summed E-state index contributed by atoms with van der Waals surface area (Å²) in [4.78, 5) is 65.1. The van der Waals surface area contributed by atoms with Gasteiger partial charge in [-0.1, -0.05) is 30.3 Å². The molecule has 2 N–H and O–H groups in total. The van der Waals surface area contributed by atoms with Gasteiger partial charge in [0.2, 0.25) is 5.91 Å². The van der Waals surface area contributed by atoms with Crippen molar-refractivity contribution in [3.63, 3.8) is 0 Å². The van der Waals surface area contributed by atoms with E-state index in [1.54, 1.807) is 45.0 Å². The first-order valence-corrected chi connectivity index (χ1v) is 14.1. The number of nitrogens with one attached hydrogen (secondary N) is 2. The summed E-state index contributed by atoms with van der Waals surface area (Å²) in [7, 11) is 1.53. The third-order valence-corrected chi connectivity index (χ3v) is 6.26. The van der Waals surface area contributed by atoms with Gasteiger partial charge in [-0.15, -0.1) is 0 Å². The molecular formula is C31H35N7O7. The highest BCUT2D eigenvalue weighted by Crippen LogP contribution is 2.19. The first kappa shape index (κ1) is 32.4. The molecule has 0 unspecified atom stereocenters. The Labute approximate surface area is 259 Å². The molecule has 2 aromatic carbocycles. The van der Waals surface area contributed by atoms with Crippen molar-refractivity contribution in [2.45, 2.75) is 39.5 Å². The number of anilines is 1. The largest absolute Gasteiger partial charge is 0.497 e. The number of alkyl carbamates (subject to hydrolysis) is 1. The Balaban J connectivity index is 1.45. The Morgan fingerprint density at radius 1 is 0.956 bits per heavy atom. The minimum atomic E-state index is -0.696. The fourth-order valence-corrected chi connectivity index (χ4v) is 4.09. The van der Waals surface area contributed by atoms with Crippen LogP contribution in [0.4, 0.5) is 10.6 Å². The second-order valence-corrected chi connectivity index (χ2v) is 10.8. The van der Waals surface area contributed by atoms with E-state index in [1.165, 1.54) is 29.2 Å². The van der Waals surface area contributed by atoms with Gasteiger partial charge in [-0.05, 0) is 50.6 Å². The number of methoxy groups -OCH3 is 1. The second-order valence-electron chi connectivity index (χ2n) is 10.8. The van der Waals surface area contributed by atoms with Gasteiger partial charge >= 0.3 is 12.1 Å². The summed E-state index contributed by atoms with van der Waals surface area (Å²) in [5.41, 5.74) is 1.05. The Bertz CT molecular complexity index is 1630. The number of benzene rings is 2. The minimum Gasteiger partial charge on any atom is -0.497 e. The number of amides is 3. The molecule has 4 aromatic rings. The van der Waals surface area contributed by atoms with Crippen LogP contribution >= 0.6 is 0 Å². The van der Waals surface area contributed by atoms with E-state index in [0.29, 0.717) is 17.0 Å². The molecule has 14 nitrogen and oxygen atoms in total. The molecule has 2 heterocycles. The van der Waals surface area contributed by atoms with Crippen LogP contribution in [0.15, 0.2) is 67.3 Å². The number of rotatable bonds is 12. The van der Waals surface area contributed by atoms with Crippen molar-refractivity contribution in [3.8, 4) is 5.75 Å². The highest BCUT2D eigenvalue weighted by molar-refractivity contribution is 6.06. The smallest absolute Gasteiger partial charge is 0.407 e. The average molecular weight is 618 g/mol. The summed E-state index contributed by atoms with van der Waals surface area (Å²) < 4.78 is 17.2. The Morgan fingerprint density at radius 3 is 2.38 bits per heavy atom. The molecule has 0 aliphatic carbocycles. The fourth-order valence-electron chi connectivity index (χ4n) is 4.09. The van der Waals surface area contributed by atoms with E-state index in [2.05, 4.69) is 25.6 Å². The quantitative estimate of drug-likeness (QED) is 0.225. The van der Waals surface area contributed by atoms with Gasteiger partial charge in [0.05, 0.1) is 13.4 Å². The Hall–Kier alpha value is -5.53. The topological polar surface area (TPSA) is 167 Å². The van der Waals surface area contributed by atoms with E-state index in [9.17, 15) is 19.2 Å². The molecule has 14 heteroatoms. The second kappa shape index (κ2) is 14.8. The molecule has 3 amide bonds. The molecule has 0 aliphatic rings. The van der Waals surface area contributed by atoms with E-state index in [-0.39, 0.29) is 44.1 Å². The van der Waals surface area contributed by atoms with Gasteiger partial charge in [0.25, 0.3) is 5.91 Å². The van der Waals surface area contributed by atoms with Crippen LogP contribution in [-0.2, 0) is 32.2 Å². The van der Waals surface area contributed by atoms with Crippen LogP contribution < -0.4 is 15.4 Å². The summed E-state index contributed by atoms with van der Waals surface area (Å²) in [6, 6.07) is 15.7. The number of carbonyl (C=O) groups is 4. The number of imidazole rings is 1. The minimum absolute atomic E-state index is 0.00327. The summed E-state index contributed by atoms with van der Waals surface area (Å²) >= 11 is 0. The van der Waals surface area contributed by atoms with Crippen molar-refractivity contribution in [3.05, 3.63) is 78.4 Å². The van der Waals surface area contributed by atoms with Crippen LogP contribution in [0.25, 0.3) is 11.2 Å². The molecule has 0 spiro atoms. The molecule has 0 radical (unpaired) electrons. The van der Waals surface area contributed by atoms with Gasteiger partial charge in [-0.3, -0.25) is 14.4 Å². The van der Waals surface area contributed by atoms with Crippen LogP contribution in [0.5, 0.6) is 5.75 Å². The molecule has 4 rings (SSSR count). The molecule has 2 aromatic heterocycles. The number of carbonyl (C=O) groups excluding carboxylic acids is 4. The summed E-state index contributed by atoms with van der Waals surface area (Å²) in [6.45, 7) is 4.70. The number of aromatic nitrogens is 4. The van der Waals surface area contributed by atoms with Crippen LogP contribution in [0.3, 0.4) is 0 Å². The maximum atomic E-state index is 13.5. The SMILES string of the molecule is COc1ccc(C(=O)Nc2ncnc3c2ncn3CC(=O)N(CCNC(=O)OC(C)(C)C)CC(=O)OCc2ccccc2)cc1. The molecule has 0 atom stereocenters. The van der Waals surface area contributed by atoms with Gasteiger partial charge in [-0.25, -0.2) is 19.7 Å². The van der Waals surface area contributed by atoms with E-state index in [4.69, 9.17) is 14.2 Å². The van der Waals surface area contributed by atoms with Crippen molar-refractivity contribution in [1.82, 2.24) is 29.7 Å². The zero-order chi connectivity index (χ0) is 32.4. The van der Waals surface area contributed by atoms with Crippen LogP contribution in [0.1, 0.15) is 36.7 Å². The fraction of sp³-hybridized carbons (Fsp3) is 0.323. The monoisotopic (exact) mass is 617 g/mol. The van der Waals surface area contributed by atoms with Gasteiger partial charge < -0.3 is 34.3 Å². The third kappa shape index (κ3) is 9.48. The van der Waals surface area contributed by atoms with E-state index < -0.39 is 29.5 Å². The molecule has 0 aliphatic heterocycles. The number of esters is 1. The highest BCUT2D eigenvalue weighted by Gasteiger charge is 2.22. The predicted molar refractivity (Wildman–Crippen MR) is 163 cm³/mol. The lowest BCUT2D eigenvalue weighted by atomic mass is 10.2. The number of ether oxygens (including phenoxy) is 3. The maximum absolute atomic E-state index is 13.5. The zero-order valence-corrected chi connectivity index (χ0v) is 25.5. The normalized spacial score (nSPS) is 11.0. The zero-order valence-electron chi connectivity index (χ0n) is 25.5. The van der Waals surface area contributed by atoms with Gasteiger partial charge in [-0.2, -0.15) is 0 Å². The number of nitrogens with zero attached hydrogens (tertiary/aromatic N) is 5. The molecule has 236 valence electrons. The van der Waals surface area contributed by atoms with Crippen molar-refractivity contribution >= 4 is 40.9 Å². The van der Waals surface area contributed by atoms with Gasteiger partial charge in [0.1, 0.15) is 37.4 Å². The molecule has 0 saturated heterocycles. The van der Waals surface area contributed by atoms with Crippen molar-refractivity contribution in [2.24, 2.45) is 0 Å². The van der Waals surface area contributed by atoms with Crippen LogP contribution in [-0.4, -0.2) is 80.6 Å². The lowest BCUT2D eigenvalue weighted by molar-refractivity contribution is -0.150. The first-order valence-electron chi connectivity index (χ1n) is 14.1. The molecule has 45 heavy (non-hydrogen) atoms. The number of hydrogen-bond acceptors (Lipinski definition) is 10. The van der Waals surface area contributed by atoms with Crippen LogP contribution in [0, 0.1) is 0 Å². The van der Waals surface area contributed by atoms with E-state index in [1.807, 2.05) is 30.3 Å². The lowest BCUT2D eigenvalue weighted by Crippen LogP contribution is -2.43. The van der Waals surface area contributed by atoms with E-state index in [0.717, 1.165) is 5.56 Å².